The Morgan fingerprint density at radius 2 is 1.83 bits per heavy atom. The molecule has 157 valence electrons. The van der Waals surface area contributed by atoms with Crippen LogP contribution in [0.2, 0.25) is 0 Å². The molecule has 1 radical (unpaired) electrons. The van der Waals surface area contributed by atoms with Crippen LogP contribution in [0.4, 0.5) is 13.2 Å². The quantitative estimate of drug-likeness (QED) is 0.345. The van der Waals surface area contributed by atoms with E-state index in [1.807, 2.05) is 13.8 Å². The second-order valence-corrected chi connectivity index (χ2v) is 7.43. The number of alkyl halides is 3. The summed E-state index contributed by atoms with van der Waals surface area (Å²) in [5.41, 5.74) is -0.100. The third kappa shape index (κ3) is 6.06. The van der Waals surface area contributed by atoms with Crippen molar-refractivity contribution in [3.05, 3.63) is 47.6 Å². The first-order valence-electron chi connectivity index (χ1n) is 8.16. The Morgan fingerprint density at radius 1 is 1.24 bits per heavy atom. The predicted octanol–water partition coefficient (Wildman–Crippen LogP) is 5.90. The normalized spacial score (nSPS) is 10.6. The molecule has 0 fully saturated rings. The van der Waals surface area contributed by atoms with Crippen molar-refractivity contribution in [1.82, 2.24) is 9.55 Å². The minimum atomic E-state index is -4.58. The second-order valence-electron chi connectivity index (χ2n) is 5.38. The number of aryl methyl sites for hydroxylation is 1. The van der Waals surface area contributed by atoms with Gasteiger partial charge in [-0.3, -0.25) is 9.36 Å². The van der Waals surface area contributed by atoms with Crippen molar-refractivity contribution in [2.24, 2.45) is 0 Å². The molecule has 1 N–H and O–H groups in total. The van der Waals surface area contributed by atoms with E-state index < -0.39 is 18.3 Å². The van der Waals surface area contributed by atoms with Crippen molar-refractivity contribution in [1.29, 1.82) is 0 Å². The smallest absolute Gasteiger partial charge is 0.406 e. The third-order valence-corrected chi connectivity index (χ3v) is 5.72. The minimum absolute atomic E-state index is 0. The molecule has 3 rings (SSSR count). The maximum atomic E-state index is 13.0. The molecule has 0 aliphatic carbocycles. The van der Waals surface area contributed by atoms with Gasteiger partial charge < -0.3 is 12.5 Å². The average molecular weight is 520 g/mol. The van der Waals surface area contributed by atoms with Gasteiger partial charge in [-0.2, -0.15) is 13.2 Å². The van der Waals surface area contributed by atoms with Gasteiger partial charge in [-0.15, -0.1) is 11.3 Å². The van der Waals surface area contributed by atoms with E-state index >= 15 is 0 Å². The van der Waals surface area contributed by atoms with Gasteiger partial charge in [0, 0.05) is 32.7 Å². The van der Waals surface area contributed by atoms with Gasteiger partial charge in [0.1, 0.15) is 17.0 Å². The molecule has 0 unspecified atom stereocenters. The van der Waals surface area contributed by atoms with Gasteiger partial charge in [-0.25, -0.2) is 4.98 Å². The summed E-state index contributed by atoms with van der Waals surface area (Å²) in [5, 5.41) is 10.6. The Bertz CT molecular complexity index is 1020. The first-order valence-corrected chi connectivity index (χ1v) is 10.2. The van der Waals surface area contributed by atoms with E-state index in [9.17, 15) is 23.1 Å². The van der Waals surface area contributed by atoms with Crippen molar-refractivity contribution in [3.63, 3.8) is 0 Å². The van der Waals surface area contributed by atoms with Gasteiger partial charge in [0.15, 0.2) is 9.99 Å². The number of fused-ring (bicyclic) bond motifs is 1. The van der Waals surface area contributed by atoms with E-state index in [0.29, 0.717) is 20.0 Å². The first kappa shape index (κ1) is 28.1. The molecule has 4 nitrogen and oxygen atoms in total. The van der Waals surface area contributed by atoms with Crippen LogP contribution in [0, 0.1) is 14.4 Å². The Balaban J connectivity index is 0.00000190. The Hall–Kier alpha value is -0.896. The Kier molecular flexibility index (Phi) is 11.1. The van der Waals surface area contributed by atoms with E-state index in [0.717, 1.165) is 11.3 Å². The van der Waals surface area contributed by atoms with Crippen LogP contribution >= 0.6 is 23.1 Å². The summed E-state index contributed by atoms with van der Waals surface area (Å²) in [5.74, 6) is -0.328. The van der Waals surface area contributed by atoms with Crippen molar-refractivity contribution < 1.29 is 51.0 Å². The monoisotopic (exact) mass is 520 g/mol. The van der Waals surface area contributed by atoms with Gasteiger partial charge in [0.05, 0.1) is 5.56 Å². The van der Waals surface area contributed by atoms with Gasteiger partial charge in [0.25, 0.3) is 5.56 Å². The number of hydrogen-bond acceptors (Lipinski definition) is 5. The van der Waals surface area contributed by atoms with Crippen LogP contribution in [0.15, 0.2) is 33.4 Å². The molecule has 0 spiro atoms. The van der Waals surface area contributed by atoms with Gasteiger partial charge in [0.2, 0.25) is 0 Å². The number of thioether (sulfide) groups is 1. The van der Waals surface area contributed by atoms with Crippen LogP contribution in [-0.4, -0.2) is 27.1 Å². The van der Waals surface area contributed by atoms with Gasteiger partial charge in [-0.05, 0) is 24.3 Å². The van der Waals surface area contributed by atoms with Crippen molar-refractivity contribution in [2.75, 3.05) is 6.26 Å². The molecule has 0 amide bonds. The van der Waals surface area contributed by atoms with E-state index in [4.69, 9.17) is 0 Å². The zero-order valence-corrected chi connectivity index (χ0v) is 21.3. The van der Waals surface area contributed by atoms with E-state index in [-0.39, 0.29) is 61.8 Å². The summed E-state index contributed by atoms with van der Waals surface area (Å²) in [6.07, 6.45) is -2.86. The number of hydrogen-bond donors (Lipinski definition) is 1. The van der Waals surface area contributed by atoms with Gasteiger partial charge >= 0.3 is 6.18 Å². The minimum Gasteiger partial charge on any atom is -0.505 e. The predicted molar refractivity (Wildman–Crippen MR) is 111 cm³/mol. The van der Waals surface area contributed by atoms with E-state index in [2.05, 4.69) is 4.98 Å². The van der Waals surface area contributed by atoms with Crippen molar-refractivity contribution in [3.8, 4) is 16.9 Å². The average Bonchev–Trinajstić information content (AvgIpc) is 3.06. The fourth-order valence-electron chi connectivity index (χ4n) is 2.59. The zero-order valence-electron chi connectivity index (χ0n) is 16.8. The molecule has 0 atom stereocenters. The molecule has 0 bridgehead atoms. The topological polar surface area (TPSA) is 55.1 Å². The molecule has 0 saturated heterocycles. The molecule has 0 saturated carbocycles. The van der Waals surface area contributed by atoms with Crippen LogP contribution in [0.3, 0.4) is 0 Å². The molecule has 10 heteroatoms. The Labute approximate surface area is 201 Å². The SMILES string of the molecule is CC.CSc1nc2c(s1)c(O)c(-c1ccccc1C)c(=O)n2CC(F)(F)F.[CH3-].[Y]. The molecule has 3 aromatic rings. The van der Waals surface area contributed by atoms with Crippen LogP contribution in [0.5, 0.6) is 5.75 Å². The second kappa shape index (κ2) is 11.5. The maximum absolute atomic E-state index is 13.0. The fraction of sp³-hybridized carbons (Fsp3) is 0.316. The molecule has 1 aromatic carbocycles. The largest absolute Gasteiger partial charge is 0.505 e. The van der Waals surface area contributed by atoms with E-state index in [1.54, 1.807) is 37.4 Å². The van der Waals surface area contributed by atoms with Crippen molar-refractivity contribution in [2.45, 2.75) is 37.8 Å². The number of halogens is 3. The van der Waals surface area contributed by atoms with Crippen molar-refractivity contribution >= 4 is 33.4 Å². The molecule has 2 aromatic heterocycles. The summed E-state index contributed by atoms with van der Waals surface area (Å²) in [7, 11) is 0. The summed E-state index contributed by atoms with van der Waals surface area (Å²) < 4.78 is 40.2. The molecule has 29 heavy (non-hydrogen) atoms. The molecule has 2 heterocycles. The molecular weight excluding hydrogens is 498 g/mol. The standard InChI is InChI=1S/C16H13F3N2O2S2.C2H6.CH3.Y/c1-8-5-3-4-6-9(8)10-11(22)12-13(20-15(24-2)25-12)21(14(10)23)7-16(17,18)19;1-2;;/h3-6,22H,7H2,1-2H3;1-2H3;1H3;/q;;-1;. The van der Waals surface area contributed by atoms with Crippen LogP contribution in [-0.2, 0) is 39.3 Å². The zero-order chi connectivity index (χ0) is 20.4. The van der Waals surface area contributed by atoms with E-state index in [1.165, 1.54) is 11.8 Å². The molecule has 0 aliphatic rings. The number of pyridine rings is 1. The van der Waals surface area contributed by atoms with Crippen LogP contribution < -0.4 is 5.56 Å². The summed E-state index contributed by atoms with van der Waals surface area (Å²) in [4.78, 5) is 16.9. The fourth-order valence-corrected chi connectivity index (χ4v) is 4.10. The summed E-state index contributed by atoms with van der Waals surface area (Å²) in [6.45, 7) is 4.27. The number of thiazole rings is 1. The van der Waals surface area contributed by atoms with Gasteiger partial charge in [-0.1, -0.05) is 49.9 Å². The number of rotatable bonds is 3. The third-order valence-electron chi connectivity index (χ3n) is 3.68. The molecular formula is C19H22F3N2O2S2Y-. The number of benzene rings is 1. The first-order chi connectivity index (χ1) is 12.7. The summed E-state index contributed by atoms with van der Waals surface area (Å²) in [6, 6.07) is 6.75. The number of aromatic hydroxyl groups is 1. The van der Waals surface area contributed by atoms with Crippen LogP contribution in [0.1, 0.15) is 19.4 Å². The summed E-state index contributed by atoms with van der Waals surface area (Å²) >= 11 is 2.30. The number of aromatic nitrogens is 2. The molecule has 0 aliphatic heterocycles. The Morgan fingerprint density at radius 3 is 2.34 bits per heavy atom. The van der Waals surface area contributed by atoms with Crippen LogP contribution in [0.25, 0.3) is 21.5 Å². The number of nitrogens with zero attached hydrogens (tertiary/aromatic N) is 2. The maximum Gasteiger partial charge on any atom is 0.406 e.